The van der Waals surface area contributed by atoms with Gasteiger partial charge in [-0.2, -0.15) is 0 Å². The van der Waals surface area contributed by atoms with Crippen molar-refractivity contribution in [3.05, 3.63) is 72.3 Å². The lowest BCUT2D eigenvalue weighted by Crippen LogP contribution is -2.39. The quantitative estimate of drug-likeness (QED) is 0.722. The van der Waals surface area contributed by atoms with Crippen LogP contribution in [0.25, 0.3) is 10.8 Å². The molecule has 0 spiro atoms. The number of nitrogens with zero attached hydrogens (tertiary/aromatic N) is 1. The summed E-state index contributed by atoms with van der Waals surface area (Å²) in [4.78, 5) is 14.8. The molecular formula is C22H24N2O2. The third kappa shape index (κ3) is 4.03. The zero-order valence-electron chi connectivity index (χ0n) is 15.4. The van der Waals surface area contributed by atoms with Gasteiger partial charge in [0.1, 0.15) is 5.75 Å². The van der Waals surface area contributed by atoms with Crippen molar-refractivity contribution in [2.75, 3.05) is 19.5 Å². The molecule has 3 rings (SSSR count). The number of rotatable bonds is 6. The van der Waals surface area contributed by atoms with Crippen molar-refractivity contribution in [3.8, 4) is 5.75 Å². The number of carbonyl (C=O) groups excluding carboxylic acids is 1. The second-order valence-electron chi connectivity index (χ2n) is 6.46. The standard InChI is InChI=1S/C22H24N2O2/c1-16(24(2)15-17-8-6-11-19(14-17)26-3)22(25)23-21-13-7-10-18-9-4-5-12-20(18)21/h4-14,16H,15H2,1-3H3,(H,23,25). The minimum atomic E-state index is -0.264. The fourth-order valence-electron chi connectivity index (χ4n) is 2.97. The predicted octanol–water partition coefficient (Wildman–Crippen LogP) is 4.31. The van der Waals surface area contributed by atoms with E-state index in [1.54, 1.807) is 7.11 Å². The molecule has 26 heavy (non-hydrogen) atoms. The van der Waals surface area contributed by atoms with Crippen molar-refractivity contribution >= 4 is 22.4 Å². The van der Waals surface area contributed by atoms with E-state index in [9.17, 15) is 4.79 Å². The maximum absolute atomic E-state index is 12.7. The van der Waals surface area contributed by atoms with Gasteiger partial charge in [-0.3, -0.25) is 9.69 Å². The van der Waals surface area contributed by atoms with E-state index in [0.717, 1.165) is 27.8 Å². The largest absolute Gasteiger partial charge is 0.497 e. The number of anilines is 1. The van der Waals surface area contributed by atoms with E-state index in [4.69, 9.17) is 4.74 Å². The summed E-state index contributed by atoms with van der Waals surface area (Å²) in [5.41, 5.74) is 1.95. The van der Waals surface area contributed by atoms with Gasteiger partial charge in [-0.05, 0) is 43.1 Å². The normalized spacial score (nSPS) is 12.2. The number of benzene rings is 3. The lowest BCUT2D eigenvalue weighted by molar-refractivity contribution is -0.120. The van der Waals surface area contributed by atoms with Crippen LogP contribution in [0.1, 0.15) is 12.5 Å². The molecule has 134 valence electrons. The molecule has 0 heterocycles. The maximum atomic E-state index is 12.7. The molecule has 4 nitrogen and oxygen atoms in total. The molecule has 0 aliphatic heterocycles. The lowest BCUT2D eigenvalue weighted by Gasteiger charge is -2.24. The molecule has 0 aliphatic carbocycles. The Balaban J connectivity index is 1.70. The highest BCUT2D eigenvalue weighted by Gasteiger charge is 2.19. The minimum Gasteiger partial charge on any atom is -0.497 e. The Morgan fingerprint density at radius 1 is 1.08 bits per heavy atom. The van der Waals surface area contributed by atoms with Crippen LogP contribution >= 0.6 is 0 Å². The van der Waals surface area contributed by atoms with Crippen LogP contribution in [0.2, 0.25) is 0 Å². The van der Waals surface area contributed by atoms with Crippen molar-refractivity contribution in [2.45, 2.75) is 19.5 Å². The van der Waals surface area contributed by atoms with Gasteiger partial charge in [0.05, 0.1) is 13.2 Å². The summed E-state index contributed by atoms with van der Waals surface area (Å²) in [5.74, 6) is 0.801. The number of hydrogen-bond donors (Lipinski definition) is 1. The van der Waals surface area contributed by atoms with Crippen LogP contribution in [0, 0.1) is 0 Å². The second-order valence-corrected chi connectivity index (χ2v) is 6.46. The van der Waals surface area contributed by atoms with Gasteiger partial charge in [0.2, 0.25) is 5.91 Å². The number of hydrogen-bond acceptors (Lipinski definition) is 3. The molecule has 3 aromatic rings. The van der Waals surface area contributed by atoms with Crippen molar-refractivity contribution < 1.29 is 9.53 Å². The van der Waals surface area contributed by atoms with Crippen molar-refractivity contribution in [3.63, 3.8) is 0 Å². The van der Waals surface area contributed by atoms with Crippen LogP contribution < -0.4 is 10.1 Å². The van der Waals surface area contributed by atoms with Gasteiger partial charge >= 0.3 is 0 Å². The molecule has 1 unspecified atom stereocenters. The first-order chi connectivity index (χ1) is 12.6. The van der Waals surface area contributed by atoms with E-state index in [2.05, 4.69) is 5.32 Å². The van der Waals surface area contributed by atoms with Crippen LogP contribution in [0.4, 0.5) is 5.69 Å². The topological polar surface area (TPSA) is 41.6 Å². The van der Waals surface area contributed by atoms with Crippen LogP contribution in [-0.4, -0.2) is 31.0 Å². The van der Waals surface area contributed by atoms with Crippen LogP contribution in [0.5, 0.6) is 5.75 Å². The van der Waals surface area contributed by atoms with E-state index in [1.807, 2.05) is 85.6 Å². The summed E-state index contributed by atoms with van der Waals surface area (Å²) < 4.78 is 5.27. The average molecular weight is 348 g/mol. The Labute approximate surface area is 154 Å². The first-order valence-electron chi connectivity index (χ1n) is 8.70. The molecule has 1 atom stereocenters. The summed E-state index contributed by atoms with van der Waals surface area (Å²) in [7, 11) is 3.61. The van der Waals surface area contributed by atoms with E-state index in [-0.39, 0.29) is 11.9 Å². The molecule has 0 saturated heterocycles. The summed E-state index contributed by atoms with van der Waals surface area (Å²) >= 11 is 0. The molecule has 3 aromatic carbocycles. The Bertz CT molecular complexity index is 902. The number of amides is 1. The summed E-state index contributed by atoms with van der Waals surface area (Å²) in [6.45, 7) is 2.59. The minimum absolute atomic E-state index is 0.0215. The first-order valence-corrected chi connectivity index (χ1v) is 8.70. The monoisotopic (exact) mass is 348 g/mol. The fourth-order valence-corrected chi connectivity index (χ4v) is 2.97. The molecule has 0 fully saturated rings. The van der Waals surface area contributed by atoms with Gasteiger partial charge < -0.3 is 10.1 Å². The molecule has 4 heteroatoms. The number of ether oxygens (including phenoxy) is 1. The SMILES string of the molecule is COc1cccc(CN(C)C(C)C(=O)Nc2cccc3ccccc23)c1. The Morgan fingerprint density at radius 3 is 2.62 bits per heavy atom. The summed E-state index contributed by atoms with van der Waals surface area (Å²) in [6.07, 6.45) is 0. The van der Waals surface area contributed by atoms with Crippen LogP contribution in [0.3, 0.4) is 0 Å². The zero-order chi connectivity index (χ0) is 18.5. The van der Waals surface area contributed by atoms with Gasteiger partial charge in [-0.25, -0.2) is 0 Å². The molecule has 0 aliphatic rings. The number of likely N-dealkylation sites (N-methyl/N-ethyl adjacent to an activating group) is 1. The van der Waals surface area contributed by atoms with E-state index in [0.29, 0.717) is 6.54 Å². The Morgan fingerprint density at radius 2 is 1.81 bits per heavy atom. The smallest absolute Gasteiger partial charge is 0.241 e. The molecule has 0 saturated carbocycles. The molecule has 1 N–H and O–H groups in total. The van der Waals surface area contributed by atoms with Crippen molar-refractivity contribution in [1.29, 1.82) is 0 Å². The molecule has 0 aromatic heterocycles. The molecule has 1 amide bonds. The van der Waals surface area contributed by atoms with Crippen molar-refractivity contribution in [1.82, 2.24) is 4.90 Å². The maximum Gasteiger partial charge on any atom is 0.241 e. The van der Waals surface area contributed by atoms with Gasteiger partial charge in [-0.15, -0.1) is 0 Å². The van der Waals surface area contributed by atoms with E-state index >= 15 is 0 Å². The average Bonchev–Trinajstić information content (AvgIpc) is 2.67. The second kappa shape index (κ2) is 8.02. The van der Waals surface area contributed by atoms with Crippen molar-refractivity contribution in [2.24, 2.45) is 0 Å². The number of methoxy groups -OCH3 is 1. The third-order valence-electron chi connectivity index (χ3n) is 4.65. The highest BCUT2D eigenvalue weighted by atomic mass is 16.5. The molecular weight excluding hydrogens is 324 g/mol. The molecule has 0 radical (unpaired) electrons. The highest BCUT2D eigenvalue weighted by Crippen LogP contribution is 2.23. The Kier molecular flexibility index (Phi) is 5.54. The van der Waals surface area contributed by atoms with E-state index < -0.39 is 0 Å². The van der Waals surface area contributed by atoms with E-state index in [1.165, 1.54) is 0 Å². The first kappa shape index (κ1) is 18.0. The summed E-state index contributed by atoms with van der Waals surface area (Å²) in [5, 5.41) is 5.23. The number of nitrogens with one attached hydrogen (secondary N) is 1. The van der Waals surface area contributed by atoms with Gasteiger partial charge in [-0.1, -0.05) is 48.5 Å². The predicted molar refractivity (Wildman–Crippen MR) is 107 cm³/mol. The van der Waals surface area contributed by atoms with Gasteiger partial charge in [0.25, 0.3) is 0 Å². The fraction of sp³-hybridized carbons (Fsp3) is 0.227. The van der Waals surface area contributed by atoms with Gasteiger partial charge in [0, 0.05) is 17.6 Å². The summed E-state index contributed by atoms with van der Waals surface area (Å²) in [6, 6.07) is 21.6. The molecule has 0 bridgehead atoms. The lowest BCUT2D eigenvalue weighted by atomic mass is 10.1. The number of fused-ring (bicyclic) bond motifs is 1. The van der Waals surface area contributed by atoms with Gasteiger partial charge in [0.15, 0.2) is 0 Å². The Hall–Kier alpha value is -2.85. The number of carbonyl (C=O) groups is 1. The zero-order valence-corrected chi connectivity index (χ0v) is 15.4. The third-order valence-corrected chi connectivity index (χ3v) is 4.65. The van der Waals surface area contributed by atoms with Crippen LogP contribution in [0.15, 0.2) is 66.7 Å². The highest BCUT2D eigenvalue weighted by molar-refractivity contribution is 6.03. The van der Waals surface area contributed by atoms with Crippen LogP contribution in [-0.2, 0) is 11.3 Å².